The zero-order chi connectivity index (χ0) is 15.7. The van der Waals surface area contributed by atoms with E-state index < -0.39 is 0 Å². The first-order valence-electron chi connectivity index (χ1n) is 8.43. The molecule has 0 aliphatic heterocycles. The van der Waals surface area contributed by atoms with Gasteiger partial charge in [-0.3, -0.25) is 0 Å². The van der Waals surface area contributed by atoms with Gasteiger partial charge in [0.15, 0.2) is 0 Å². The molecular weight excluding hydrogens is 260 g/mol. The maximum absolute atomic E-state index is 4.64. The average molecular weight is 292 g/mol. The van der Waals surface area contributed by atoms with Crippen LogP contribution in [0.15, 0.2) is 6.07 Å². The van der Waals surface area contributed by atoms with Crippen molar-refractivity contribution in [3.63, 3.8) is 0 Å². The van der Waals surface area contributed by atoms with Crippen molar-refractivity contribution < 1.29 is 0 Å². The molecule has 0 bridgehead atoms. The summed E-state index contributed by atoms with van der Waals surface area (Å²) in [5.74, 6) is 3.56. The number of rotatable bonds is 10. The Morgan fingerprint density at radius 3 is 2.33 bits per heavy atom. The monoisotopic (exact) mass is 292 g/mol. The normalized spacial score (nSPS) is 12.5. The van der Waals surface area contributed by atoms with E-state index in [1.165, 1.54) is 12.8 Å². The SMILES string of the molecule is CCCNc1cc(NC(C)CCC(C)C)nc(CCC)n1. The van der Waals surface area contributed by atoms with E-state index in [0.29, 0.717) is 6.04 Å². The van der Waals surface area contributed by atoms with Gasteiger partial charge in [-0.25, -0.2) is 9.97 Å². The number of aryl methyl sites for hydroxylation is 1. The highest BCUT2D eigenvalue weighted by molar-refractivity contribution is 5.48. The summed E-state index contributed by atoms with van der Waals surface area (Å²) in [6.07, 6.45) is 5.50. The number of aromatic nitrogens is 2. The lowest BCUT2D eigenvalue weighted by molar-refractivity contribution is 0.527. The smallest absolute Gasteiger partial charge is 0.133 e. The van der Waals surface area contributed by atoms with Crippen molar-refractivity contribution in [2.75, 3.05) is 17.2 Å². The highest BCUT2D eigenvalue weighted by atomic mass is 15.1. The molecule has 1 rings (SSSR count). The zero-order valence-corrected chi connectivity index (χ0v) is 14.4. The van der Waals surface area contributed by atoms with Crippen LogP contribution in [0.25, 0.3) is 0 Å². The van der Waals surface area contributed by atoms with Crippen LogP contribution in [0.5, 0.6) is 0 Å². The number of nitrogens with one attached hydrogen (secondary N) is 2. The van der Waals surface area contributed by atoms with E-state index in [2.05, 4.69) is 55.2 Å². The Morgan fingerprint density at radius 2 is 1.71 bits per heavy atom. The van der Waals surface area contributed by atoms with E-state index >= 15 is 0 Å². The lowest BCUT2D eigenvalue weighted by Gasteiger charge is -2.17. The van der Waals surface area contributed by atoms with Crippen molar-refractivity contribution >= 4 is 11.6 Å². The molecule has 1 aromatic rings. The Hall–Kier alpha value is -1.32. The number of hydrogen-bond donors (Lipinski definition) is 2. The summed E-state index contributed by atoms with van der Waals surface area (Å²) >= 11 is 0. The fraction of sp³-hybridized carbons (Fsp3) is 0.765. The summed E-state index contributed by atoms with van der Waals surface area (Å²) < 4.78 is 0. The highest BCUT2D eigenvalue weighted by Crippen LogP contribution is 2.16. The second-order valence-corrected chi connectivity index (χ2v) is 6.25. The predicted molar refractivity (Wildman–Crippen MR) is 92.0 cm³/mol. The molecule has 1 atom stereocenters. The van der Waals surface area contributed by atoms with Gasteiger partial charge in [0.05, 0.1) is 0 Å². The third-order valence-corrected chi connectivity index (χ3v) is 3.37. The summed E-state index contributed by atoms with van der Waals surface area (Å²) in [7, 11) is 0. The summed E-state index contributed by atoms with van der Waals surface area (Å²) in [5, 5.41) is 6.89. The zero-order valence-electron chi connectivity index (χ0n) is 14.4. The molecule has 1 unspecified atom stereocenters. The van der Waals surface area contributed by atoms with Gasteiger partial charge in [-0.2, -0.15) is 0 Å². The lowest BCUT2D eigenvalue weighted by atomic mass is 10.0. The summed E-state index contributed by atoms with van der Waals surface area (Å²) in [6, 6.07) is 2.47. The van der Waals surface area contributed by atoms with E-state index in [4.69, 9.17) is 0 Å². The van der Waals surface area contributed by atoms with E-state index in [0.717, 1.165) is 49.2 Å². The van der Waals surface area contributed by atoms with Crippen LogP contribution in [0.3, 0.4) is 0 Å². The van der Waals surface area contributed by atoms with Crippen LogP contribution in [0.4, 0.5) is 11.6 Å². The van der Waals surface area contributed by atoms with Crippen molar-refractivity contribution in [3.05, 3.63) is 11.9 Å². The quantitative estimate of drug-likeness (QED) is 0.667. The number of hydrogen-bond acceptors (Lipinski definition) is 4. The van der Waals surface area contributed by atoms with Gasteiger partial charge in [0.1, 0.15) is 17.5 Å². The van der Waals surface area contributed by atoms with Crippen molar-refractivity contribution in [3.8, 4) is 0 Å². The first kappa shape index (κ1) is 17.7. The molecule has 0 spiro atoms. The molecule has 21 heavy (non-hydrogen) atoms. The molecule has 0 fully saturated rings. The Bertz CT molecular complexity index is 404. The molecule has 120 valence electrons. The molecule has 0 radical (unpaired) electrons. The molecular formula is C17H32N4. The molecule has 0 amide bonds. The summed E-state index contributed by atoms with van der Waals surface area (Å²) in [4.78, 5) is 9.22. The van der Waals surface area contributed by atoms with Gasteiger partial charge < -0.3 is 10.6 Å². The Balaban J connectivity index is 2.71. The lowest BCUT2D eigenvalue weighted by Crippen LogP contribution is -2.18. The minimum absolute atomic E-state index is 0.441. The van der Waals surface area contributed by atoms with Gasteiger partial charge in [-0.05, 0) is 38.5 Å². The average Bonchev–Trinajstić information content (AvgIpc) is 2.43. The summed E-state index contributed by atoms with van der Waals surface area (Å²) in [6.45, 7) is 12.0. The first-order valence-corrected chi connectivity index (χ1v) is 8.43. The molecule has 0 saturated carbocycles. The molecule has 4 heteroatoms. The molecule has 4 nitrogen and oxygen atoms in total. The van der Waals surface area contributed by atoms with E-state index in [1.807, 2.05) is 6.07 Å². The molecule has 2 N–H and O–H groups in total. The maximum atomic E-state index is 4.64. The van der Waals surface area contributed by atoms with Crippen molar-refractivity contribution in [1.82, 2.24) is 9.97 Å². The van der Waals surface area contributed by atoms with Crippen LogP contribution in [-0.2, 0) is 6.42 Å². The third kappa shape index (κ3) is 7.30. The van der Waals surface area contributed by atoms with Gasteiger partial charge in [0, 0.05) is 25.1 Å². The second-order valence-electron chi connectivity index (χ2n) is 6.25. The Morgan fingerprint density at radius 1 is 1.00 bits per heavy atom. The minimum atomic E-state index is 0.441. The van der Waals surface area contributed by atoms with Crippen LogP contribution < -0.4 is 10.6 Å². The Kier molecular flexibility index (Phi) is 8.09. The van der Waals surface area contributed by atoms with E-state index in [-0.39, 0.29) is 0 Å². The molecule has 0 aliphatic carbocycles. The van der Waals surface area contributed by atoms with Crippen LogP contribution in [0.1, 0.15) is 66.1 Å². The summed E-state index contributed by atoms with van der Waals surface area (Å²) in [5.41, 5.74) is 0. The second kappa shape index (κ2) is 9.59. The van der Waals surface area contributed by atoms with Gasteiger partial charge in [-0.1, -0.05) is 27.7 Å². The van der Waals surface area contributed by atoms with Crippen molar-refractivity contribution in [1.29, 1.82) is 0 Å². The topological polar surface area (TPSA) is 49.8 Å². The van der Waals surface area contributed by atoms with Crippen LogP contribution in [-0.4, -0.2) is 22.6 Å². The van der Waals surface area contributed by atoms with E-state index in [9.17, 15) is 0 Å². The molecule has 0 aliphatic rings. The van der Waals surface area contributed by atoms with Crippen molar-refractivity contribution in [2.24, 2.45) is 5.92 Å². The maximum Gasteiger partial charge on any atom is 0.133 e. The van der Waals surface area contributed by atoms with Crippen LogP contribution in [0, 0.1) is 5.92 Å². The Labute approximate surface area is 130 Å². The third-order valence-electron chi connectivity index (χ3n) is 3.37. The minimum Gasteiger partial charge on any atom is -0.370 e. The van der Waals surface area contributed by atoms with Crippen LogP contribution >= 0.6 is 0 Å². The van der Waals surface area contributed by atoms with Crippen LogP contribution in [0.2, 0.25) is 0 Å². The molecule has 1 heterocycles. The van der Waals surface area contributed by atoms with Crippen molar-refractivity contribution in [2.45, 2.75) is 72.8 Å². The van der Waals surface area contributed by atoms with Gasteiger partial charge >= 0.3 is 0 Å². The predicted octanol–water partition coefficient (Wildman–Crippen LogP) is 4.49. The fourth-order valence-corrected chi connectivity index (χ4v) is 2.16. The fourth-order valence-electron chi connectivity index (χ4n) is 2.16. The molecule has 1 aromatic heterocycles. The number of anilines is 2. The molecule has 0 saturated heterocycles. The van der Waals surface area contributed by atoms with Gasteiger partial charge in [0.2, 0.25) is 0 Å². The van der Waals surface area contributed by atoms with Gasteiger partial charge in [-0.15, -0.1) is 0 Å². The standard InChI is InChI=1S/C17H32N4/c1-6-8-15-20-16(18-11-7-2)12-17(21-15)19-14(5)10-9-13(3)4/h12-14H,6-11H2,1-5H3,(H2,18,19,20,21). The van der Waals surface area contributed by atoms with E-state index in [1.54, 1.807) is 0 Å². The largest absolute Gasteiger partial charge is 0.370 e. The first-order chi connectivity index (χ1) is 10.0. The number of nitrogens with zero attached hydrogens (tertiary/aromatic N) is 2. The molecule has 0 aromatic carbocycles. The van der Waals surface area contributed by atoms with Gasteiger partial charge in [0.25, 0.3) is 0 Å². The highest BCUT2D eigenvalue weighted by Gasteiger charge is 2.08.